The number of halogens is 2. The molecule has 4 nitrogen and oxygen atoms in total. The number of thiazole rings is 1. The molecule has 1 aliphatic heterocycles. The quantitative estimate of drug-likeness (QED) is 0.801. The number of rotatable bonds is 4. The average molecular weight is 416 g/mol. The van der Waals surface area contributed by atoms with E-state index in [4.69, 9.17) is 0 Å². The van der Waals surface area contributed by atoms with Crippen LogP contribution in [0.5, 0.6) is 0 Å². The zero-order valence-corrected chi connectivity index (χ0v) is 17.8. The van der Waals surface area contributed by atoms with Crippen molar-refractivity contribution in [3.05, 3.63) is 51.5 Å². The van der Waals surface area contributed by atoms with E-state index in [0.29, 0.717) is 18.2 Å². The highest BCUT2D eigenvalue weighted by Gasteiger charge is 2.30. The van der Waals surface area contributed by atoms with Crippen molar-refractivity contribution in [3.8, 4) is 0 Å². The van der Waals surface area contributed by atoms with Crippen molar-refractivity contribution in [1.29, 1.82) is 0 Å². The molecule has 0 spiro atoms. The Labute approximate surface area is 172 Å². The predicted molar refractivity (Wildman–Crippen MR) is 113 cm³/mol. The molecule has 3 rings (SSSR count). The Hall–Kier alpha value is -1.14. The molecule has 0 aliphatic carbocycles. The van der Waals surface area contributed by atoms with E-state index in [1.54, 1.807) is 11.3 Å². The van der Waals surface area contributed by atoms with Gasteiger partial charge in [-0.1, -0.05) is 45.0 Å². The lowest BCUT2D eigenvalue weighted by Crippen LogP contribution is -2.48. The molecule has 1 amide bonds. The number of hydrogen-bond donors (Lipinski definition) is 1. The number of aryl methyl sites for hydroxylation is 1. The van der Waals surface area contributed by atoms with Gasteiger partial charge in [0, 0.05) is 30.9 Å². The molecular formula is C19H27Cl2N3OS. The van der Waals surface area contributed by atoms with Gasteiger partial charge in [-0.25, -0.2) is 4.98 Å². The van der Waals surface area contributed by atoms with E-state index in [-0.39, 0.29) is 36.8 Å². The van der Waals surface area contributed by atoms with Gasteiger partial charge in [0.05, 0.1) is 11.0 Å². The van der Waals surface area contributed by atoms with Gasteiger partial charge < -0.3 is 10.2 Å². The highest BCUT2D eigenvalue weighted by atomic mass is 35.5. The third-order valence-electron chi connectivity index (χ3n) is 4.51. The van der Waals surface area contributed by atoms with Gasteiger partial charge >= 0.3 is 0 Å². The highest BCUT2D eigenvalue weighted by molar-refractivity contribution is 7.09. The maximum atomic E-state index is 13.0. The smallest absolute Gasteiger partial charge is 0.273 e. The van der Waals surface area contributed by atoms with Crippen LogP contribution in [0.1, 0.15) is 59.4 Å². The molecule has 0 radical (unpaired) electrons. The van der Waals surface area contributed by atoms with Crippen LogP contribution in [0.4, 0.5) is 0 Å². The number of amides is 1. The fraction of sp³-hybridized carbons (Fsp3) is 0.474. The van der Waals surface area contributed by atoms with Crippen LogP contribution in [-0.4, -0.2) is 35.4 Å². The van der Waals surface area contributed by atoms with Gasteiger partial charge in [0.15, 0.2) is 0 Å². The second-order valence-corrected chi connectivity index (χ2v) is 7.43. The largest absolute Gasteiger partial charge is 0.328 e. The Morgan fingerprint density at radius 1 is 1.31 bits per heavy atom. The Bertz CT molecular complexity index is 703. The first-order valence-electron chi connectivity index (χ1n) is 8.66. The minimum Gasteiger partial charge on any atom is -0.328 e. The summed E-state index contributed by atoms with van der Waals surface area (Å²) in [6.07, 6.45) is 1.03. The first-order valence-corrected chi connectivity index (χ1v) is 9.54. The van der Waals surface area contributed by atoms with Gasteiger partial charge in [-0.15, -0.1) is 36.2 Å². The summed E-state index contributed by atoms with van der Waals surface area (Å²) in [5.74, 6) is 0.404. The van der Waals surface area contributed by atoms with Crippen molar-refractivity contribution in [2.24, 2.45) is 0 Å². The van der Waals surface area contributed by atoms with E-state index in [0.717, 1.165) is 24.5 Å². The van der Waals surface area contributed by atoms with Crippen molar-refractivity contribution in [1.82, 2.24) is 15.2 Å². The Morgan fingerprint density at radius 3 is 2.58 bits per heavy atom. The van der Waals surface area contributed by atoms with Crippen LogP contribution in [0.15, 0.2) is 29.6 Å². The third-order valence-corrected chi connectivity index (χ3v) is 5.66. The van der Waals surface area contributed by atoms with E-state index in [1.165, 1.54) is 11.1 Å². The minimum atomic E-state index is 0. The minimum absolute atomic E-state index is 0. The van der Waals surface area contributed by atoms with Gasteiger partial charge in [0.2, 0.25) is 0 Å². The second-order valence-electron chi connectivity index (χ2n) is 6.54. The lowest BCUT2D eigenvalue weighted by Gasteiger charge is -2.36. The molecule has 0 saturated carbocycles. The summed E-state index contributed by atoms with van der Waals surface area (Å²) in [6.45, 7) is 8.70. The zero-order chi connectivity index (χ0) is 17.1. The van der Waals surface area contributed by atoms with Crippen LogP contribution < -0.4 is 5.32 Å². The van der Waals surface area contributed by atoms with Gasteiger partial charge in [0.25, 0.3) is 5.91 Å². The van der Waals surface area contributed by atoms with E-state index < -0.39 is 0 Å². The predicted octanol–water partition coefficient (Wildman–Crippen LogP) is 4.46. The Balaban J connectivity index is 0.00000169. The highest BCUT2D eigenvalue weighted by Crippen LogP contribution is 2.26. The molecule has 2 heterocycles. The number of nitrogens with one attached hydrogen (secondary N) is 1. The van der Waals surface area contributed by atoms with Crippen LogP contribution in [0.3, 0.4) is 0 Å². The van der Waals surface area contributed by atoms with Gasteiger partial charge in [-0.3, -0.25) is 4.79 Å². The van der Waals surface area contributed by atoms with Crippen molar-refractivity contribution in [3.63, 3.8) is 0 Å². The third kappa shape index (κ3) is 4.97. The number of hydrogen-bond acceptors (Lipinski definition) is 4. The number of carbonyl (C=O) groups excluding carboxylic acids is 1. The van der Waals surface area contributed by atoms with Crippen LogP contribution in [0.2, 0.25) is 0 Å². The van der Waals surface area contributed by atoms with Gasteiger partial charge in [0.1, 0.15) is 5.69 Å². The van der Waals surface area contributed by atoms with Gasteiger partial charge in [-0.05, 0) is 17.5 Å². The first kappa shape index (κ1) is 22.9. The molecule has 0 bridgehead atoms. The first-order chi connectivity index (χ1) is 11.6. The second kappa shape index (κ2) is 10.3. The fourth-order valence-electron chi connectivity index (χ4n) is 3.02. The lowest BCUT2D eigenvalue weighted by atomic mass is 10.0. The monoisotopic (exact) mass is 415 g/mol. The van der Waals surface area contributed by atoms with Crippen LogP contribution in [0.25, 0.3) is 0 Å². The van der Waals surface area contributed by atoms with E-state index in [9.17, 15) is 4.79 Å². The van der Waals surface area contributed by atoms with E-state index in [1.807, 2.05) is 10.3 Å². The molecule has 1 atom stereocenters. The number of benzene rings is 1. The standard InChI is InChI=1S/C19H25N3OS.2ClH/c1-4-14-5-7-15(8-6-14)17-11-20-9-10-22(17)19(23)16-12-24-18(21-16)13(2)3;;/h5-8,12-13,17,20H,4,9-11H2,1-3H3;2*1H. The molecular weight excluding hydrogens is 389 g/mol. The molecule has 1 aliphatic rings. The molecule has 2 aromatic rings. The number of aromatic nitrogens is 1. The average Bonchev–Trinajstić information content (AvgIpc) is 3.12. The summed E-state index contributed by atoms with van der Waals surface area (Å²) < 4.78 is 0. The summed E-state index contributed by atoms with van der Waals surface area (Å²) in [5, 5.41) is 6.34. The number of nitrogens with zero attached hydrogens (tertiary/aromatic N) is 2. The topological polar surface area (TPSA) is 45.2 Å². The zero-order valence-electron chi connectivity index (χ0n) is 15.4. The summed E-state index contributed by atoms with van der Waals surface area (Å²) >= 11 is 1.58. The van der Waals surface area contributed by atoms with Crippen molar-refractivity contribution < 1.29 is 4.79 Å². The van der Waals surface area contributed by atoms with Crippen LogP contribution in [0, 0.1) is 0 Å². The van der Waals surface area contributed by atoms with Crippen LogP contribution >= 0.6 is 36.2 Å². The van der Waals surface area contributed by atoms with Gasteiger partial charge in [-0.2, -0.15) is 0 Å². The molecule has 26 heavy (non-hydrogen) atoms. The summed E-state index contributed by atoms with van der Waals surface area (Å²) in [6, 6.07) is 8.69. The maximum absolute atomic E-state index is 13.0. The molecule has 1 aromatic carbocycles. The van der Waals surface area contributed by atoms with Crippen molar-refractivity contribution >= 4 is 42.1 Å². The van der Waals surface area contributed by atoms with Crippen LogP contribution in [-0.2, 0) is 6.42 Å². The molecule has 1 N–H and O–H groups in total. The van der Waals surface area contributed by atoms with Crippen molar-refractivity contribution in [2.45, 2.75) is 39.2 Å². The molecule has 1 saturated heterocycles. The number of carbonyl (C=O) groups is 1. The molecule has 7 heteroatoms. The molecule has 144 valence electrons. The molecule has 1 aromatic heterocycles. The summed E-state index contributed by atoms with van der Waals surface area (Å²) in [4.78, 5) is 19.5. The number of piperazine rings is 1. The maximum Gasteiger partial charge on any atom is 0.273 e. The van der Waals surface area contributed by atoms with E-state index >= 15 is 0 Å². The van der Waals surface area contributed by atoms with Crippen molar-refractivity contribution in [2.75, 3.05) is 19.6 Å². The fourth-order valence-corrected chi connectivity index (χ4v) is 3.83. The SMILES string of the molecule is CCc1ccc(C2CNCCN2C(=O)c2csc(C(C)C)n2)cc1.Cl.Cl. The lowest BCUT2D eigenvalue weighted by molar-refractivity contribution is 0.0629. The Morgan fingerprint density at radius 2 is 2.00 bits per heavy atom. The Kier molecular flexibility index (Phi) is 9.04. The molecule has 1 fully saturated rings. The normalized spacial score (nSPS) is 16.8. The van der Waals surface area contributed by atoms with E-state index in [2.05, 4.69) is 55.3 Å². The summed E-state index contributed by atoms with van der Waals surface area (Å²) in [5.41, 5.74) is 3.09. The summed E-state index contributed by atoms with van der Waals surface area (Å²) in [7, 11) is 0. The molecule has 1 unspecified atom stereocenters.